The van der Waals surface area contributed by atoms with Crippen LogP contribution in [0.4, 0.5) is 0 Å². The zero-order valence-corrected chi connectivity index (χ0v) is 9.50. The molecule has 82 valence electrons. The van der Waals surface area contributed by atoms with Gasteiger partial charge in [0.2, 0.25) is 6.04 Å². The predicted molar refractivity (Wildman–Crippen MR) is 59.8 cm³/mol. The van der Waals surface area contributed by atoms with E-state index in [9.17, 15) is 10.1 Å². The van der Waals surface area contributed by atoms with Crippen LogP contribution >= 0.6 is 11.3 Å². The smallest absolute Gasteiger partial charge is 0.222 e. The van der Waals surface area contributed by atoms with Gasteiger partial charge in [-0.25, -0.2) is 0 Å². The second-order valence-corrected chi connectivity index (χ2v) is 4.99. The van der Waals surface area contributed by atoms with Gasteiger partial charge in [0.15, 0.2) is 0 Å². The van der Waals surface area contributed by atoms with E-state index in [0.717, 1.165) is 19.5 Å². The molecular weight excluding hydrogens is 212 g/mol. The van der Waals surface area contributed by atoms with Gasteiger partial charge in [-0.2, -0.15) is 0 Å². The van der Waals surface area contributed by atoms with Gasteiger partial charge in [-0.05, 0) is 23.4 Å². The highest BCUT2D eigenvalue weighted by molar-refractivity contribution is 7.10. The van der Waals surface area contributed by atoms with Crippen LogP contribution in [0.2, 0.25) is 0 Å². The Balaban J connectivity index is 1.95. The standard InChI is InChI=1S/C10H14N2O2S/c1-8(12(13)14)6-11-4-2-10-9(7-11)3-5-15-10/h3,5,8H,2,4,6-7H2,1H3. The Morgan fingerprint density at radius 3 is 3.27 bits per heavy atom. The molecule has 1 aliphatic rings. The highest BCUT2D eigenvalue weighted by atomic mass is 32.1. The van der Waals surface area contributed by atoms with Crippen LogP contribution in [0.25, 0.3) is 0 Å². The fourth-order valence-electron chi connectivity index (χ4n) is 1.90. The minimum atomic E-state index is -0.467. The molecular formula is C10H14N2O2S. The van der Waals surface area contributed by atoms with Gasteiger partial charge in [0, 0.05) is 29.8 Å². The number of nitro groups is 1. The van der Waals surface area contributed by atoms with E-state index >= 15 is 0 Å². The minimum Gasteiger partial charge on any atom is -0.292 e. The molecule has 5 heteroatoms. The number of nitrogens with zero attached hydrogens (tertiary/aromatic N) is 2. The molecule has 0 saturated carbocycles. The molecule has 0 aromatic carbocycles. The quantitative estimate of drug-likeness (QED) is 0.583. The zero-order chi connectivity index (χ0) is 10.8. The Morgan fingerprint density at radius 1 is 1.73 bits per heavy atom. The Hall–Kier alpha value is -0.940. The van der Waals surface area contributed by atoms with Crippen LogP contribution in [0.15, 0.2) is 11.4 Å². The van der Waals surface area contributed by atoms with Crippen molar-refractivity contribution in [3.05, 3.63) is 32.0 Å². The molecule has 1 unspecified atom stereocenters. The molecule has 0 amide bonds. The summed E-state index contributed by atoms with van der Waals surface area (Å²) in [5, 5.41) is 12.7. The second kappa shape index (κ2) is 4.28. The van der Waals surface area contributed by atoms with Gasteiger partial charge in [0.1, 0.15) is 0 Å². The van der Waals surface area contributed by atoms with Gasteiger partial charge >= 0.3 is 0 Å². The van der Waals surface area contributed by atoms with Gasteiger partial charge in [0.05, 0.1) is 6.54 Å². The SMILES string of the molecule is CC(CN1CCc2sccc2C1)[N+](=O)[O-]. The molecule has 0 bridgehead atoms. The van der Waals surface area contributed by atoms with E-state index in [1.165, 1.54) is 10.4 Å². The van der Waals surface area contributed by atoms with Gasteiger partial charge in [0.25, 0.3) is 0 Å². The molecule has 0 saturated heterocycles. The molecule has 0 spiro atoms. The lowest BCUT2D eigenvalue weighted by atomic mass is 10.1. The van der Waals surface area contributed by atoms with Crippen LogP contribution in [-0.4, -0.2) is 29.0 Å². The van der Waals surface area contributed by atoms with Gasteiger partial charge in [-0.15, -0.1) is 11.3 Å². The molecule has 2 rings (SSSR count). The van der Waals surface area contributed by atoms with E-state index in [1.54, 1.807) is 18.3 Å². The van der Waals surface area contributed by atoms with Crippen LogP contribution in [0.3, 0.4) is 0 Å². The first-order chi connectivity index (χ1) is 7.16. The van der Waals surface area contributed by atoms with Crippen molar-refractivity contribution in [3.63, 3.8) is 0 Å². The van der Waals surface area contributed by atoms with Crippen molar-refractivity contribution < 1.29 is 4.92 Å². The van der Waals surface area contributed by atoms with Crippen molar-refractivity contribution in [2.24, 2.45) is 0 Å². The highest BCUT2D eigenvalue weighted by Crippen LogP contribution is 2.23. The molecule has 2 heterocycles. The maximum atomic E-state index is 10.5. The van der Waals surface area contributed by atoms with E-state index < -0.39 is 6.04 Å². The lowest BCUT2D eigenvalue weighted by molar-refractivity contribution is -0.518. The normalized spacial score (nSPS) is 18.5. The minimum absolute atomic E-state index is 0.205. The number of thiophene rings is 1. The van der Waals surface area contributed by atoms with Crippen molar-refractivity contribution in [1.82, 2.24) is 4.90 Å². The lowest BCUT2D eigenvalue weighted by Gasteiger charge is -2.26. The highest BCUT2D eigenvalue weighted by Gasteiger charge is 2.22. The topological polar surface area (TPSA) is 46.4 Å². The Bertz CT molecular complexity index is 364. The molecule has 1 aromatic rings. The largest absolute Gasteiger partial charge is 0.292 e. The average Bonchev–Trinajstić information content (AvgIpc) is 2.64. The molecule has 15 heavy (non-hydrogen) atoms. The van der Waals surface area contributed by atoms with Gasteiger partial charge < -0.3 is 0 Å². The maximum absolute atomic E-state index is 10.5. The van der Waals surface area contributed by atoms with Gasteiger partial charge in [-0.1, -0.05) is 0 Å². The predicted octanol–water partition coefficient (Wildman–Crippen LogP) is 1.77. The van der Waals surface area contributed by atoms with Crippen LogP contribution in [0.1, 0.15) is 17.4 Å². The fraction of sp³-hybridized carbons (Fsp3) is 0.600. The van der Waals surface area contributed by atoms with Crippen LogP contribution in [0, 0.1) is 10.1 Å². The van der Waals surface area contributed by atoms with Crippen LogP contribution < -0.4 is 0 Å². The summed E-state index contributed by atoms with van der Waals surface area (Å²) in [4.78, 5) is 14.0. The summed E-state index contributed by atoms with van der Waals surface area (Å²) in [6.07, 6.45) is 1.04. The molecule has 1 aromatic heterocycles. The summed E-state index contributed by atoms with van der Waals surface area (Å²) >= 11 is 1.79. The summed E-state index contributed by atoms with van der Waals surface area (Å²) < 4.78 is 0. The van der Waals surface area contributed by atoms with E-state index in [0.29, 0.717) is 6.54 Å². The first-order valence-corrected chi connectivity index (χ1v) is 5.96. The molecule has 1 atom stereocenters. The molecule has 4 nitrogen and oxygen atoms in total. The monoisotopic (exact) mass is 226 g/mol. The van der Waals surface area contributed by atoms with E-state index in [4.69, 9.17) is 0 Å². The lowest BCUT2D eigenvalue weighted by Crippen LogP contribution is -2.37. The summed E-state index contributed by atoms with van der Waals surface area (Å²) in [6, 6.07) is 1.66. The van der Waals surface area contributed by atoms with E-state index in [1.807, 2.05) is 0 Å². The van der Waals surface area contributed by atoms with Crippen molar-refractivity contribution in [1.29, 1.82) is 0 Å². The number of rotatable bonds is 3. The summed E-state index contributed by atoms with van der Waals surface area (Å²) in [6.45, 7) is 4.05. The van der Waals surface area contributed by atoms with Crippen molar-refractivity contribution in [3.8, 4) is 0 Å². The van der Waals surface area contributed by atoms with Gasteiger partial charge in [-0.3, -0.25) is 15.0 Å². The molecule has 0 radical (unpaired) electrons. The Labute approximate surface area is 92.7 Å². The van der Waals surface area contributed by atoms with E-state index in [-0.39, 0.29) is 4.92 Å². The number of hydrogen-bond acceptors (Lipinski definition) is 4. The van der Waals surface area contributed by atoms with Crippen molar-refractivity contribution in [2.75, 3.05) is 13.1 Å². The molecule has 0 aliphatic carbocycles. The number of hydrogen-bond donors (Lipinski definition) is 0. The molecule has 0 N–H and O–H groups in total. The first-order valence-electron chi connectivity index (χ1n) is 5.08. The van der Waals surface area contributed by atoms with Crippen molar-refractivity contribution in [2.45, 2.75) is 25.9 Å². The van der Waals surface area contributed by atoms with E-state index in [2.05, 4.69) is 16.3 Å². The fourth-order valence-corrected chi connectivity index (χ4v) is 2.79. The summed E-state index contributed by atoms with van der Waals surface area (Å²) in [5.41, 5.74) is 1.35. The third kappa shape index (κ3) is 2.35. The summed E-state index contributed by atoms with van der Waals surface area (Å²) in [7, 11) is 0. The molecule has 1 aliphatic heterocycles. The van der Waals surface area contributed by atoms with Crippen LogP contribution in [-0.2, 0) is 13.0 Å². The average molecular weight is 226 g/mol. The summed E-state index contributed by atoms with van der Waals surface area (Å²) in [5.74, 6) is 0. The third-order valence-corrected chi connectivity index (χ3v) is 3.79. The molecule has 0 fully saturated rings. The van der Waals surface area contributed by atoms with Crippen LogP contribution in [0.5, 0.6) is 0 Å². The first kappa shape index (κ1) is 10.6. The Morgan fingerprint density at radius 2 is 2.53 bits per heavy atom. The Kier molecular flexibility index (Phi) is 3.02. The zero-order valence-electron chi connectivity index (χ0n) is 8.68. The van der Waals surface area contributed by atoms with Crippen molar-refractivity contribution >= 4 is 11.3 Å². The third-order valence-electron chi connectivity index (χ3n) is 2.77. The maximum Gasteiger partial charge on any atom is 0.222 e. The second-order valence-electron chi connectivity index (χ2n) is 3.99. The number of fused-ring (bicyclic) bond motifs is 1.